The van der Waals surface area contributed by atoms with Crippen LogP contribution in [0.2, 0.25) is 0 Å². The molecule has 1 rings (SSSR count). The Hall–Kier alpha value is -1.30. The average Bonchev–Trinajstić information content (AvgIpc) is 2.35. The van der Waals surface area contributed by atoms with Crippen LogP contribution in [0.25, 0.3) is 0 Å². The summed E-state index contributed by atoms with van der Waals surface area (Å²) < 4.78 is 5.86. The molecular formula is C15H20O2. The zero-order valence-corrected chi connectivity index (χ0v) is 10.8. The van der Waals surface area contributed by atoms with Gasteiger partial charge in [-0.05, 0) is 31.9 Å². The van der Waals surface area contributed by atoms with E-state index in [4.69, 9.17) is 9.84 Å². The molecule has 0 atom stereocenters. The third kappa shape index (κ3) is 4.60. The molecule has 1 aromatic rings. The number of aliphatic hydroxyl groups excluding tert-OH is 1. The summed E-state index contributed by atoms with van der Waals surface area (Å²) in [5.74, 6) is 5.60. The maximum absolute atomic E-state index is 8.71. The van der Waals surface area contributed by atoms with Crippen molar-refractivity contribution >= 4 is 0 Å². The van der Waals surface area contributed by atoms with Crippen molar-refractivity contribution in [3.05, 3.63) is 35.4 Å². The Balaban J connectivity index is 2.77. The van der Waals surface area contributed by atoms with Crippen LogP contribution in [0.1, 0.15) is 38.3 Å². The second-order valence-electron chi connectivity index (χ2n) is 4.52. The molecule has 0 unspecified atom stereocenters. The van der Waals surface area contributed by atoms with Crippen molar-refractivity contribution in [2.45, 2.75) is 39.4 Å². The molecule has 17 heavy (non-hydrogen) atoms. The first kappa shape index (κ1) is 13.8. The van der Waals surface area contributed by atoms with Crippen LogP contribution in [0, 0.1) is 11.8 Å². The minimum Gasteiger partial charge on any atom is -0.384 e. The topological polar surface area (TPSA) is 29.5 Å². The maximum Gasteiger partial charge on any atom is 0.104 e. The molecule has 0 saturated carbocycles. The van der Waals surface area contributed by atoms with Crippen LogP contribution in [-0.4, -0.2) is 17.3 Å². The van der Waals surface area contributed by atoms with Gasteiger partial charge in [-0.25, -0.2) is 0 Å². The van der Waals surface area contributed by atoms with Gasteiger partial charge in [0.05, 0.1) is 12.2 Å². The number of hydrogen-bond donors (Lipinski definition) is 1. The highest BCUT2D eigenvalue weighted by Gasteiger charge is 2.15. The lowest BCUT2D eigenvalue weighted by Gasteiger charge is -2.23. The molecule has 0 radical (unpaired) electrons. The second kappa shape index (κ2) is 6.44. The van der Waals surface area contributed by atoms with Crippen molar-refractivity contribution in [1.82, 2.24) is 0 Å². The van der Waals surface area contributed by atoms with E-state index in [0.29, 0.717) is 6.61 Å². The average molecular weight is 232 g/mol. The molecule has 0 aliphatic heterocycles. The van der Waals surface area contributed by atoms with Crippen molar-refractivity contribution in [3.63, 3.8) is 0 Å². The lowest BCUT2D eigenvalue weighted by molar-refractivity contribution is -0.0317. The number of rotatable bonds is 4. The fourth-order valence-corrected chi connectivity index (χ4v) is 1.28. The van der Waals surface area contributed by atoms with Gasteiger partial charge in [0.25, 0.3) is 0 Å². The van der Waals surface area contributed by atoms with Gasteiger partial charge in [-0.15, -0.1) is 0 Å². The smallest absolute Gasteiger partial charge is 0.104 e. The van der Waals surface area contributed by atoms with E-state index in [9.17, 15) is 0 Å². The van der Waals surface area contributed by atoms with Crippen LogP contribution in [-0.2, 0) is 11.3 Å². The summed E-state index contributed by atoms with van der Waals surface area (Å²) in [5.41, 5.74) is 1.88. The summed E-state index contributed by atoms with van der Waals surface area (Å²) in [6, 6.07) is 7.87. The molecule has 0 saturated heterocycles. The molecule has 0 heterocycles. The number of benzene rings is 1. The third-order valence-corrected chi connectivity index (χ3v) is 2.79. The van der Waals surface area contributed by atoms with Crippen LogP contribution in [0.4, 0.5) is 0 Å². The van der Waals surface area contributed by atoms with E-state index in [1.165, 1.54) is 0 Å². The Bertz CT molecular complexity index is 410. The summed E-state index contributed by atoms with van der Waals surface area (Å²) >= 11 is 0. The van der Waals surface area contributed by atoms with Crippen LogP contribution in [0.3, 0.4) is 0 Å². The standard InChI is InChI=1S/C15H20O2/c1-4-15(2,3)17-12-14-9-6-5-8-13(14)10-7-11-16/h5-6,8-9,16H,4,11-12H2,1-3H3. The summed E-state index contributed by atoms with van der Waals surface area (Å²) in [7, 11) is 0. The predicted molar refractivity (Wildman–Crippen MR) is 69.6 cm³/mol. The minimum atomic E-state index is -0.115. The van der Waals surface area contributed by atoms with Crippen LogP contribution >= 0.6 is 0 Å². The van der Waals surface area contributed by atoms with Gasteiger partial charge in [-0.1, -0.05) is 37.0 Å². The number of ether oxygens (including phenoxy) is 1. The molecule has 0 aliphatic rings. The molecule has 1 N–H and O–H groups in total. The van der Waals surface area contributed by atoms with Crippen molar-refractivity contribution in [2.24, 2.45) is 0 Å². The van der Waals surface area contributed by atoms with Crippen molar-refractivity contribution in [2.75, 3.05) is 6.61 Å². The van der Waals surface area contributed by atoms with E-state index in [1.54, 1.807) is 0 Å². The SMILES string of the molecule is CCC(C)(C)OCc1ccccc1C#CCO. The van der Waals surface area contributed by atoms with Gasteiger partial charge in [-0.2, -0.15) is 0 Å². The van der Waals surface area contributed by atoms with E-state index in [1.807, 2.05) is 24.3 Å². The van der Waals surface area contributed by atoms with Crippen molar-refractivity contribution in [1.29, 1.82) is 0 Å². The van der Waals surface area contributed by atoms with Gasteiger partial charge in [0.2, 0.25) is 0 Å². The highest BCUT2D eigenvalue weighted by atomic mass is 16.5. The van der Waals surface area contributed by atoms with Crippen LogP contribution in [0.5, 0.6) is 0 Å². The van der Waals surface area contributed by atoms with E-state index in [0.717, 1.165) is 17.5 Å². The van der Waals surface area contributed by atoms with Gasteiger partial charge in [0, 0.05) is 5.56 Å². The molecule has 0 amide bonds. The largest absolute Gasteiger partial charge is 0.384 e. The van der Waals surface area contributed by atoms with E-state index >= 15 is 0 Å². The third-order valence-electron chi connectivity index (χ3n) is 2.79. The van der Waals surface area contributed by atoms with Crippen LogP contribution in [0.15, 0.2) is 24.3 Å². The molecule has 0 fully saturated rings. The summed E-state index contributed by atoms with van der Waals surface area (Å²) in [6.45, 7) is 6.70. The molecule has 0 bridgehead atoms. The van der Waals surface area contributed by atoms with Gasteiger partial charge in [0.1, 0.15) is 6.61 Å². The van der Waals surface area contributed by atoms with E-state index in [-0.39, 0.29) is 12.2 Å². The monoisotopic (exact) mass is 232 g/mol. The second-order valence-corrected chi connectivity index (χ2v) is 4.52. The minimum absolute atomic E-state index is 0.114. The lowest BCUT2D eigenvalue weighted by Crippen LogP contribution is -2.22. The van der Waals surface area contributed by atoms with E-state index < -0.39 is 0 Å². The summed E-state index contributed by atoms with van der Waals surface area (Å²) in [4.78, 5) is 0. The summed E-state index contributed by atoms with van der Waals surface area (Å²) in [6.07, 6.45) is 0.970. The first-order chi connectivity index (χ1) is 8.09. The molecule has 0 spiro atoms. The van der Waals surface area contributed by atoms with Crippen LogP contribution < -0.4 is 0 Å². The fraction of sp³-hybridized carbons (Fsp3) is 0.467. The number of aliphatic hydroxyl groups is 1. The molecular weight excluding hydrogens is 212 g/mol. The maximum atomic E-state index is 8.71. The first-order valence-corrected chi connectivity index (χ1v) is 5.90. The van der Waals surface area contributed by atoms with Gasteiger partial charge in [0.15, 0.2) is 0 Å². The Morgan fingerprint density at radius 3 is 2.65 bits per heavy atom. The van der Waals surface area contributed by atoms with Crippen molar-refractivity contribution < 1.29 is 9.84 Å². The van der Waals surface area contributed by atoms with Gasteiger partial charge >= 0.3 is 0 Å². The molecule has 0 aromatic heterocycles. The molecule has 92 valence electrons. The Kier molecular flexibility index (Phi) is 5.21. The Morgan fingerprint density at radius 1 is 1.29 bits per heavy atom. The van der Waals surface area contributed by atoms with E-state index in [2.05, 4.69) is 32.6 Å². The quantitative estimate of drug-likeness (QED) is 0.809. The zero-order chi connectivity index (χ0) is 12.7. The highest BCUT2D eigenvalue weighted by molar-refractivity contribution is 5.41. The van der Waals surface area contributed by atoms with Crippen molar-refractivity contribution in [3.8, 4) is 11.8 Å². The molecule has 2 nitrogen and oxygen atoms in total. The molecule has 0 aliphatic carbocycles. The van der Waals surface area contributed by atoms with Gasteiger partial charge < -0.3 is 9.84 Å². The lowest BCUT2D eigenvalue weighted by atomic mass is 10.1. The Morgan fingerprint density at radius 2 is 2.00 bits per heavy atom. The zero-order valence-electron chi connectivity index (χ0n) is 10.8. The molecule has 1 aromatic carbocycles. The highest BCUT2D eigenvalue weighted by Crippen LogP contribution is 2.18. The summed E-state index contributed by atoms with van der Waals surface area (Å²) in [5, 5.41) is 8.71. The number of hydrogen-bond acceptors (Lipinski definition) is 2. The predicted octanol–water partition coefficient (Wildman–Crippen LogP) is 2.74. The fourth-order valence-electron chi connectivity index (χ4n) is 1.28. The Labute approximate surface area is 104 Å². The van der Waals surface area contributed by atoms with Gasteiger partial charge in [-0.3, -0.25) is 0 Å². The normalized spacial score (nSPS) is 10.8. The first-order valence-electron chi connectivity index (χ1n) is 5.90. The molecule has 2 heteroatoms.